The Hall–Kier alpha value is 0.211. The van der Waals surface area contributed by atoms with E-state index in [-0.39, 0.29) is 6.07 Å². The first kappa shape index (κ1) is 18.3. The Bertz CT molecular complexity index is 593. The van der Waals surface area contributed by atoms with Crippen LogP contribution in [-0.4, -0.2) is 13.9 Å². The molecule has 1 aromatic carbocycles. The molecule has 0 aromatic heterocycles. The molecule has 20 heavy (non-hydrogen) atoms. The van der Waals surface area contributed by atoms with Crippen LogP contribution in [0.5, 0.6) is 0 Å². The Labute approximate surface area is 133 Å². The van der Waals surface area contributed by atoms with Crippen LogP contribution in [0.1, 0.15) is 5.56 Å². The fourth-order valence-electron chi connectivity index (χ4n) is 0.826. The molecule has 0 amide bonds. The van der Waals surface area contributed by atoms with Crippen LogP contribution in [0.2, 0.25) is 0 Å². The summed E-state index contributed by atoms with van der Waals surface area (Å²) >= 11 is -2.40. The molecule has 0 atom stereocenters. The van der Waals surface area contributed by atoms with Crippen molar-refractivity contribution in [2.75, 3.05) is 0 Å². The Morgan fingerprint density at radius 2 is 1.60 bits per heavy atom. The van der Waals surface area contributed by atoms with Gasteiger partial charge >= 0.3 is 135 Å². The van der Waals surface area contributed by atoms with E-state index in [4.69, 9.17) is 0 Å². The first-order valence-corrected chi connectivity index (χ1v) is 7.58. The maximum absolute atomic E-state index is 13.1. The second kappa shape index (κ2) is 6.14. The van der Waals surface area contributed by atoms with Crippen molar-refractivity contribution in [3.63, 3.8) is 0 Å². The van der Waals surface area contributed by atoms with E-state index in [1.54, 1.807) is 0 Å². The van der Waals surface area contributed by atoms with Gasteiger partial charge < -0.3 is 0 Å². The zero-order chi connectivity index (χ0) is 15.8. The number of rotatable bonds is 3. The summed E-state index contributed by atoms with van der Waals surface area (Å²) in [5.41, 5.74) is -7.05. The Kier molecular flexibility index (Phi) is 5.61. The Morgan fingerprint density at radius 3 is 2.05 bits per heavy atom. The molecule has 0 saturated heterocycles. The molecule has 0 spiro atoms. The summed E-state index contributed by atoms with van der Waals surface area (Å²) in [5.74, 6) is -1.28. The third-order valence-corrected chi connectivity index (χ3v) is 5.54. The molecular weight excluding hydrogens is 440 g/mol. The van der Waals surface area contributed by atoms with Crippen molar-refractivity contribution in [3.05, 3.63) is 29.6 Å². The van der Waals surface area contributed by atoms with Crippen LogP contribution in [0.3, 0.4) is 0 Å². The number of alkyl halides is 6. The van der Waals surface area contributed by atoms with Gasteiger partial charge in [0.15, 0.2) is 0 Å². The Morgan fingerprint density at radius 1 is 1.05 bits per heavy atom. The molecule has 0 aliphatic heterocycles. The van der Waals surface area contributed by atoms with Crippen LogP contribution in [0.25, 0.3) is 0 Å². The quantitative estimate of drug-likeness (QED) is 0.532. The summed E-state index contributed by atoms with van der Waals surface area (Å²) in [5, 5.41) is 0. The molecule has 0 aliphatic rings. The third-order valence-electron chi connectivity index (χ3n) is 1.71. The summed E-state index contributed by atoms with van der Waals surface area (Å²) in [6.45, 7) is 0. The molecule has 0 N–H and O–H groups in total. The number of halogens is 7. The first-order valence-electron chi connectivity index (χ1n) is 4.34. The van der Waals surface area contributed by atoms with Crippen molar-refractivity contribution >= 4 is 10.1 Å². The van der Waals surface area contributed by atoms with Gasteiger partial charge in [-0.2, -0.15) is 0 Å². The van der Waals surface area contributed by atoms with E-state index < -0.39 is 78.1 Å². The summed E-state index contributed by atoms with van der Waals surface area (Å²) in [7, 11) is -5.97. The van der Waals surface area contributed by atoms with Crippen molar-refractivity contribution in [2.24, 2.45) is 0 Å². The molecule has 0 radical (unpaired) electrons. The summed E-state index contributed by atoms with van der Waals surface area (Å²) in [6, 6.07) is 0.952. The first-order chi connectivity index (χ1) is 8.84. The van der Waals surface area contributed by atoms with Crippen molar-refractivity contribution in [2.45, 2.75) is 11.7 Å². The molecule has 0 heterocycles. The molecule has 1 aromatic rings. The van der Waals surface area contributed by atoms with E-state index >= 15 is 0 Å². The minimum absolute atomic E-state index is 0.208. The van der Waals surface area contributed by atoms with Crippen molar-refractivity contribution in [1.82, 2.24) is 0 Å². The van der Waals surface area contributed by atoms with Gasteiger partial charge in [-0.1, -0.05) is 0 Å². The van der Waals surface area contributed by atoms with Gasteiger partial charge in [0.1, 0.15) is 0 Å². The van der Waals surface area contributed by atoms with Gasteiger partial charge in [-0.05, 0) is 0 Å². The number of hydrogen-bond acceptors (Lipinski definition) is 3. The standard InChI is InChI=1S/C8H3F7O3SXe/c9-5-2-1-4(7(10,11)12)3-6(5)20-18-19(16,17)8(13,14)15/h1-3H. The molecule has 3 nitrogen and oxygen atoms in total. The number of benzene rings is 1. The van der Waals surface area contributed by atoms with Crippen LogP contribution in [0.15, 0.2) is 18.2 Å². The van der Waals surface area contributed by atoms with Gasteiger partial charge in [0.05, 0.1) is 0 Å². The van der Waals surface area contributed by atoms with Gasteiger partial charge in [-0.3, -0.25) is 0 Å². The fourth-order valence-corrected chi connectivity index (χ4v) is 3.61. The maximum atomic E-state index is 13.1. The zero-order valence-electron chi connectivity index (χ0n) is 8.86. The molecule has 0 fully saturated rings. The fraction of sp³-hybridized carbons (Fsp3) is 0.250. The van der Waals surface area contributed by atoms with Gasteiger partial charge in [0.2, 0.25) is 0 Å². The predicted molar refractivity (Wildman–Crippen MR) is 47.1 cm³/mol. The minimum atomic E-state index is -5.97. The Balaban J connectivity index is 3.00. The van der Waals surface area contributed by atoms with Crippen LogP contribution in [-0.2, 0) is 15.8 Å². The second-order valence-electron chi connectivity index (χ2n) is 3.14. The topological polar surface area (TPSA) is 43.4 Å². The predicted octanol–water partition coefficient (Wildman–Crippen LogP) is 2.34. The normalized spacial score (nSPS) is 13.8. The molecule has 0 aliphatic carbocycles. The molecule has 1 rings (SSSR count). The van der Waals surface area contributed by atoms with Gasteiger partial charge in [0.25, 0.3) is 0 Å². The molecular formula is C8H3F7O3SXe. The molecule has 12 heteroatoms. The summed E-state index contributed by atoms with van der Waals surface area (Å²) in [4.78, 5) is 0. The van der Waals surface area contributed by atoms with E-state index in [0.717, 1.165) is 0 Å². The molecule has 0 bridgehead atoms. The van der Waals surface area contributed by atoms with Crippen LogP contribution >= 0.6 is 0 Å². The average molecular weight is 443 g/mol. The molecule has 0 saturated carbocycles. The van der Waals surface area contributed by atoms with Crippen molar-refractivity contribution in [3.8, 4) is 0 Å². The van der Waals surface area contributed by atoms with E-state index in [9.17, 15) is 39.2 Å². The third kappa shape index (κ3) is 4.61. The van der Waals surface area contributed by atoms with Gasteiger partial charge in [-0.15, -0.1) is 0 Å². The van der Waals surface area contributed by atoms with Gasteiger partial charge in [-0.25, -0.2) is 0 Å². The van der Waals surface area contributed by atoms with E-state index in [1.165, 1.54) is 0 Å². The van der Waals surface area contributed by atoms with E-state index in [2.05, 4.69) is -0.497 Å². The monoisotopic (exact) mass is 444 g/mol. The number of hydrogen-bond donors (Lipinski definition) is 0. The van der Waals surface area contributed by atoms with Gasteiger partial charge in [0, 0.05) is 0 Å². The molecule has 116 valence electrons. The molecule has 0 unspecified atom stereocenters. The zero-order valence-corrected chi connectivity index (χ0v) is 11.7. The van der Waals surface area contributed by atoms with Crippen LogP contribution in [0.4, 0.5) is 30.7 Å². The van der Waals surface area contributed by atoms with Crippen LogP contribution in [0, 0.1) is 50.7 Å². The summed E-state index contributed by atoms with van der Waals surface area (Å²) in [6.07, 6.45) is -4.84. The second-order valence-corrected chi connectivity index (χ2v) is 7.14. The summed E-state index contributed by atoms with van der Waals surface area (Å²) < 4.78 is 110. The van der Waals surface area contributed by atoms with E-state index in [0.29, 0.717) is 12.1 Å². The SMILES string of the molecule is O=S(=O)(O[Xe]c1cc(C(F)(F)F)ccc1F)C(F)(F)F. The van der Waals surface area contributed by atoms with E-state index in [1.807, 2.05) is 0 Å². The van der Waals surface area contributed by atoms with Crippen molar-refractivity contribution in [1.29, 1.82) is 0 Å². The van der Waals surface area contributed by atoms with Crippen molar-refractivity contribution < 1.29 is 83.5 Å². The van der Waals surface area contributed by atoms with Crippen LogP contribution < -0.4 is 0.0314 Å². The average Bonchev–Trinajstić information content (AvgIpc) is 2.24.